The molecule has 5 nitrogen and oxygen atoms in total. The van der Waals surface area contributed by atoms with E-state index in [1.165, 1.54) is 0 Å². The molecule has 0 aliphatic heterocycles. The van der Waals surface area contributed by atoms with Crippen molar-refractivity contribution in [3.05, 3.63) is 96.3 Å². The lowest BCUT2D eigenvalue weighted by molar-refractivity contribution is 0.102. The van der Waals surface area contributed by atoms with Gasteiger partial charge in [-0.05, 0) is 36.6 Å². The summed E-state index contributed by atoms with van der Waals surface area (Å²) in [7, 11) is 0. The van der Waals surface area contributed by atoms with Crippen molar-refractivity contribution in [3.8, 4) is 5.82 Å². The first-order valence-electron chi connectivity index (χ1n) is 9.40. The average molecular weight is 378 g/mol. The molecule has 0 fully saturated rings. The molecule has 5 heteroatoms. The van der Waals surface area contributed by atoms with E-state index in [-0.39, 0.29) is 5.91 Å². The molecule has 1 N–H and O–H groups in total. The molecule has 0 bridgehead atoms. The number of hydrogen-bond donors (Lipinski definition) is 1. The predicted octanol–water partition coefficient (Wildman–Crippen LogP) is 5.13. The topological polar surface area (TPSA) is 59.8 Å². The molecule has 5 aromatic rings. The SMILES string of the molecule is Cc1c(C(=O)Nc2cccc3ccccc23)cnn1-c1ccc2ccccc2n1. The summed E-state index contributed by atoms with van der Waals surface area (Å²) in [5.41, 5.74) is 2.93. The minimum absolute atomic E-state index is 0.189. The fourth-order valence-electron chi connectivity index (χ4n) is 3.56. The standard InChI is InChI=1S/C24H18N4O/c1-16-20(24(29)27-22-12-6-9-17-7-2-4-10-19(17)22)15-25-28(16)23-14-13-18-8-3-5-11-21(18)26-23/h2-15H,1H3,(H,27,29). The number of para-hydroxylation sites is 1. The number of fused-ring (bicyclic) bond motifs is 2. The highest BCUT2D eigenvalue weighted by molar-refractivity contribution is 6.09. The molecule has 0 atom stereocenters. The molecule has 5 rings (SSSR count). The number of rotatable bonds is 3. The number of amides is 1. The number of carbonyl (C=O) groups is 1. The van der Waals surface area contributed by atoms with Gasteiger partial charge in [0.25, 0.3) is 5.91 Å². The van der Waals surface area contributed by atoms with Crippen LogP contribution in [0.15, 0.2) is 85.1 Å². The first-order chi connectivity index (χ1) is 14.2. The third-order valence-electron chi connectivity index (χ3n) is 5.09. The number of nitrogens with one attached hydrogen (secondary N) is 1. The lowest BCUT2D eigenvalue weighted by Crippen LogP contribution is -2.13. The Bertz CT molecular complexity index is 1360. The van der Waals surface area contributed by atoms with Gasteiger partial charge in [0.05, 0.1) is 23.0 Å². The highest BCUT2D eigenvalue weighted by Crippen LogP contribution is 2.24. The maximum atomic E-state index is 13.0. The molecule has 29 heavy (non-hydrogen) atoms. The number of carbonyl (C=O) groups excluding carboxylic acids is 1. The molecular formula is C24H18N4O. The van der Waals surface area contributed by atoms with Crippen LogP contribution in [-0.2, 0) is 0 Å². The van der Waals surface area contributed by atoms with Gasteiger partial charge in [0.1, 0.15) is 0 Å². The maximum absolute atomic E-state index is 13.0. The zero-order valence-corrected chi connectivity index (χ0v) is 15.8. The Morgan fingerprint density at radius 1 is 0.862 bits per heavy atom. The number of anilines is 1. The summed E-state index contributed by atoms with van der Waals surface area (Å²) in [5, 5.41) is 10.6. The Morgan fingerprint density at radius 3 is 2.52 bits per heavy atom. The van der Waals surface area contributed by atoms with E-state index in [1.807, 2.05) is 85.8 Å². The smallest absolute Gasteiger partial charge is 0.259 e. The summed E-state index contributed by atoms with van der Waals surface area (Å²) in [6.45, 7) is 1.88. The Balaban J connectivity index is 1.49. The lowest BCUT2D eigenvalue weighted by Gasteiger charge is -2.09. The molecule has 0 aliphatic carbocycles. The van der Waals surface area contributed by atoms with E-state index in [4.69, 9.17) is 0 Å². The van der Waals surface area contributed by atoms with Crippen molar-refractivity contribution < 1.29 is 4.79 Å². The van der Waals surface area contributed by atoms with Gasteiger partial charge in [-0.2, -0.15) is 5.10 Å². The van der Waals surface area contributed by atoms with Crippen LogP contribution in [0.5, 0.6) is 0 Å². The number of hydrogen-bond acceptors (Lipinski definition) is 3. The second kappa shape index (κ2) is 6.87. The quantitative estimate of drug-likeness (QED) is 0.473. The van der Waals surface area contributed by atoms with Crippen molar-refractivity contribution in [2.45, 2.75) is 6.92 Å². The molecule has 0 spiro atoms. The summed E-state index contributed by atoms with van der Waals surface area (Å²) in [6.07, 6.45) is 1.59. The molecule has 3 aromatic carbocycles. The molecule has 0 saturated carbocycles. The van der Waals surface area contributed by atoms with E-state index < -0.39 is 0 Å². The average Bonchev–Trinajstić information content (AvgIpc) is 3.15. The fraction of sp³-hybridized carbons (Fsp3) is 0.0417. The summed E-state index contributed by atoms with van der Waals surface area (Å²) < 4.78 is 1.70. The van der Waals surface area contributed by atoms with Crippen LogP contribution in [0.3, 0.4) is 0 Å². The predicted molar refractivity (Wildman–Crippen MR) is 116 cm³/mol. The molecule has 2 heterocycles. The zero-order valence-electron chi connectivity index (χ0n) is 15.8. The van der Waals surface area contributed by atoms with E-state index in [2.05, 4.69) is 15.4 Å². The van der Waals surface area contributed by atoms with Crippen molar-refractivity contribution in [1.29, 1.82) is 0 Å². The third kappa shape index (κ3) is 3.02. The summed E-state index contributed by atoms with van der Waals surface area (Å²) in [5.74, 6) is 0.497. The van der Waals surface area contributed by atoms with Crippen molar-refractivity contribution >= 4 is 33.3 Å². The fourth-order valence-corrected chi connectivity index (χ4v) is 3.56. The minimum atomic E-state index is -0.189. The maximum Gasteiger partial charge on any atom is 0.259 e. The van der Waals surface area contributed by atoms with Crippen LogP contribution in [0, 0.1) is 6.92 Å². The number of aromatic nitrogens is 3. The van der Waals surface area contributed by atoms with Crippen LogP contribution < -0.4 is 5.32 Å². The monoisotopic (exact) mass is 378 g/mol. The molecule has 0 aliphatic rings. The van der Waals surface area contributed by atoms with Gasteiger partial charge in [-0.1, -0.05) is 54.6 Å². The van der Waals surface area contributed by atoms with Gasteiger partial charge in [0.15, 0.2) is 5.82 Å². The first-order valence-corrected chi connectivity index (χ1v) is 9.40. The summed E-state index contributed by atoms with van der Waals surface area (Å²) >= 11 is 0. The van der Waals surface area contributed by atoms with Gasteiger partial charge in [-0.15, -0.1) is 0 Å². The number of pyridine rings is 1. The van der Waals surface area contributed by atoms with E-state index in [0.29, 0.717) is 11.4 Å². The van der Waals surface area contributed by atoms with E-state index in [1.54, 1.807) is 10.9 Å². The van der Waals surface area contributed by atoms with Gasteiger partial charge >= 0.3 is 0 Å². The molecule has 0 saturated heterocycles. The van der Waals surface area contributed by atoms with Crippen molar-refractivity contribution in [3.63, 3.8) is 0 Å². The molecule has 0 radical (unpaired) electrons. The van der Waals surface area contributed by atoms with E-state index in [9.17, 15) is 4.79 Å². The Morgan fingerprint density at radius 2 is 1.62 bits per heavy atom. The van der Waals surface area contributed by atoms with Gasteiger partial charge in [0.2, 0.25) is 0 Å². The van der Waals surface area contributed by atoms with Gasteiger partial charge in [-0.3, -0.25) is 4.79 Å². The lowest BCUT2D eigenvalue weighted by atomic mass is 10.1. The Kier molecular flexibility index (Phi) is 4.06. The van der Waals surface area contributed by atoms with Crippen LogP contribution in [-0.4, -0.2) is 20.7 Å². The Hall–Kier alpha value is -3.99. The van der Waals surface area contributed by atoms with Crippen LogP contribution in [0.25, 0.3) is 27.5 Å². The van der Waals surface area contributed by atoms with Crippen LogP contribution in [0.4, 0.5) is 5.69 Å². The van der Waals surface area contributed by atoms with Gasteiger partial charge in [-0.25, -0.2) is 9.67 Å². The highest BCUT2D eigenvalue weighted by Gasteiger charge is 2.17. The van der Waals surface area contributed by atoms with Crippen molar-refractivity contribution in [1.82, 2.24) is 14.8 Å². The second-order valence-corrected chi connectivity index (χ2v) is 6.90. The number of benzene rings is 3. The molecule has 1 amide bonds. The van der Waals surface area contributed by atoms with E-state index in [0.717, 1.165) is 33.1 Å². The van der Waals surface area contributed by atoms with Crippen LogP contribution >= 0.6 is 0 Å². The van der Waals surface area contributed by atoms with E-state index >= 15 is 0 Å². The zero-order chi connectivity index (χ0) is 19.8. The first kappa shape index (κ1) is 17.1. The van der Waals surface area contributed by atoms with Crippen LogP contribution in [0.2, 0.25) is 0 Å². The van der Waals surface area contributed by atoms with Crippen LogP contribution in [0.1, 0.15) is 16.1 Å². The van der Waals surface area contributed by atoms with Gasteiger partial charge < -0.3 is 5.32 Å². The van der Waals surface area contributed by atoms with Crippen molar-refractivity contribution in [2.24, 2.45) is 0 Å². The third-order valence-corrected chi connectivity index (χ3v) is 5.09. The molecule has 0 unspecified atom stereocenters. The molecule has 140 valence electrons. The largest absolute Gasteiger partial charge is 0.321 e. The highest BCUT2D eigenvalue weighted by atomic mass is 16.1. The number of nitrogens with zero attached hydrogens (tertiary/aromatic N) is 3. The summed E-state index contributed by atoms with van der Waals surface area (Å²) in [4.78, 5) is 17.6. The van der Waals surface area contributed by atoms with Crippen molar-refractivity contribution in [2.75, 3.05) is 5.32 Å². The second-order valence-electron chi connectivity index (χ2n) is 6.90. The van der Waals surface area contributed by atoms with Gasteiger partial charge in [0, 0.05) is 16.5 Å². The normalized spacial score (nSPS) is 11.1. The summed E-state index contributed by atoms with van der Waals surface area (Å²) in [6, 6.07) is 25.7. The molecule has 2 aromatic heterocycles. The molecular weight excluding hydrogens is 360 g/mol. The Labute approximate surface area is 167 Å². The minimum Gasteiger partial charge on any atom is -0.321 e.